The number of anilines is 1. The third-order valence-corrected chi connectivity index (χ3v) is 2.79. The van der Waals surface area contributed by atoms with E-state index in [1.807, 2.05) is 6.07 Å². The molecule has 4 heteroatoms. The van der Waals surface area contributed by atoms with Gasteiger partial charge < -0.3 is 16.2 Å². The van der Waals surface area contributed by atoms with E-state index in [1.165, 1.54) is 0 Å². The molecule has 1 aliphatic rings. The molecule has 4 N–H and O–H groups in total. The zero-order valence-electron chi connectivity index (χ0n) is 8.03. The maximum atomic E-state index is 9.42. The van der Waals surface area contributed by atoms with Crippen LogP contribution in [0.1, 0.15) is 18.5 Å². The summed E-state index contributed by atoms with van der Waals surface area (Å²) in [6.45, 7) is 1.00. The first kappa shape index (κ1) is 9.43. The molecule has 1 atom stereocenters. The molecule has 1 aliphatic heterocycles. The maximum Gasteiger partial charge on any atom is 0.0843 e. The lowest BCUT2D eigenvalue weighted by molar-refractivity contribution is 0.175. The third-order valence-electron chi connectivity index (χ3n) is 2.79. The molecule has 0 spiro atoms. The summed E-state index contributed by atoms with van der Waals surface area (Å²) in [5.41, 5.74) is 6.86. The van der Waals surface area contributed by atoms with Crippen molar-refractivity contribution in [1.29, 1.82) is 0 Å². The molecular formula is C10H15N3O. The van der Waals surface area contributed by atoms with Crippen molar-refractivity contribution in [3.8, 4) is 0 Å². The van der Waals surface area contributed by atoms with Crippen LogP contribution < -0.4 is 11.1 Å². The van der Waals surface area contributed by atoms with E-state index in [0.717, 1.165) is 25.1 Å². The standard InChI is InChI=1S/C10H15N3O/c11-8-2-5-12-9(6-8)10(7-14)3-1-4-13-10/h2,5-6,13-14H,1,3-4,7H2,(H2,11,12)/t10-/m1/s1. The normalized spacial score (nSPS) is 26.6. The van der Waals surface area contributed by atoms with Crippen molar-refractivity contribution < 1.29 is 5.11 Å². The van der Waals surface area contributed by atoms with E-state index in [1.54, 1.807) is 12.3 Å². The fraction of sp³-hybridized carbons (Fsp3) is 0.500. The van der Waals surface area contributed by atoms with Gasteiger partial charge in [-0.3, -0.25) is 4.98 Å². The number of hydrogen-bond donors (Lipinski definition) is 3. The molecule has 0 bridgehead atoms. The van der Waals surface area contributed by atoms with Gasteiger partial charge in [0.2, 0.25) is 0 Å². The quantitative estimate of drug-likeness (QED) is 0.629. The van der Waals surface area contributed by atoms with Gasteiger partial charge in [0.25, 0.3) is 0 Å². The van der Waals surface area contributed by atoms with Gasteiger partial charge in [0.1, 0.15) is 0 Å². The van der Waals surface area contributed by atoms with Crippen LogP contribution in [0.5, 0.6) is 0 Å². The SMILES string of the molecule is Nc1ccnc([C@]2(CO)CCCN2)c1. The van der Waals surface area contributed by atoms with Crippen molar-refractivity contribution in [3.05, 3.63) is 24.0 Å². The topological polar surface area (TPSA) is 71.2 Å². The monoisotopic (exact) mass is 193 g/mol. The van der Waals surface area contributed by atoms with Gasteiger partial charge >= 0.3 is 0 Å². The molecule has 0 amide bonds. The first-order valence-corrected chi connectivity index (χ1v) is 4.85. The molecule has 0 unspecified atom stereocenters. The number of nitrogens with one attached hydrogen (secondary N) is 1. The van der Waals surface area contributed by atoms with Crippen LogP contribution in [0.3, 0.4) is 0 Å². The molecule has 0 saturated carbocycles. The number of nitrogen functional groups attached to an aromatic ring is 1. The van der Waals surface area contributed by atoms with Crippen LogP contribution in [-0.2, 0) is 5.54 Å². The van der Waals surface area contributed by atoms with Crippen LogP contribution in [0.25, 0.3) is 0 Å². The molecule has 0 radical (unpaired) electrons. The van der Waals surface area contributed by atoms with E-state index in [-0.39, 0.29) is 12.1 Å². The highest BCUT2D eigenvalue weighted by Gasteiger charge is 2.35. The Balaban J connectivity index is 2.35. The Labute approximate surface area is 83.2 Å². The molecule has 14 heavy (non-hydrogen) atoms. The smallest absolute Gasteiger partial charge is 0.0843 e. The van der Waals surface area contributed by atoms with Crippen molar-refractivity contribution in [2.45, 2.75) is 18.4 Å². The number of hydrogen-bond acceptors (Lipinski definition) is 4. The predicted octanol–water partition coefficient (Wildman–Crippen LogP) is 0.235. The lowest BCUT2D eigenvalue weighted by atomic mass is 9.93. The molecule has 0 aliphatic carbocycles. The fourth-order valence-electron chi connectivity index (χ4n) is 1.95. The molecular weight excluding hydrogens is 178 g/mol. The van der Waals surface area contributed by atoms with E-state index in [9.17, 15) is 5.11 Å². The minimum absolute atomic E-state index is 0.0729. The number of aliphatic hydroxyl groups excluding tert-OH is 1. The van der Waals surface area contributed by atoms with Crippen LogP contribution in [0.4, 0.5) is 5.69 Å². The maximum absolute atomic E-state index is 9.42. The van der Waals surface area contributed by atoms with Gasteiger partial charge in [-0.2, -0.15) is 0 Å². The summed E-state index contributed by atoms with van der Waals surface area (Å²) in [6.07, 6.45) is 3.67. The number of nitrogens with zero attached hydrogens (tertiary/aromatic N) is 1. The third kappa shape index (κ3) is 1.47. The van der Waals surface area contributed by atoms with E-state index in [2.05, 4.69) is 10.3 Å². The van der Waals surface area contributed by atoms with Gasteiger partial charge in [0, 0.05) is 11.9 Å². The van der Waals surface area contributed by atoms with Gasteiger partial charge in [-0.05, 0) is 31.5 Å². The average Bonchev–Trinajstić information content (AvgIpc) is 2.67. The lowest BCUT2D eigenvalue weighted by Crippen LogP contribution is -2.41. The molecule has 1 aromatic rings. The summed E-state index contributed by atoms with van der Waals surface area (Å²) in [6, 6.07) is 3.58. The molecule has 1 aromatic heterocycles. The predicted molar refractivity (Wildman–Crippen MR) is 54.6 cm³/mol. The zero-order chi connectivity index (χ0) is 10.0. The largest absolute Gasteiger partial charge is 0.399 e. The molecule has 0 aromatic carbocycles. The van der Waals surface area contributed by atoms with E-state index < -0.39 is 0 Å². The van der Waals surface area contributed by atoms with Gasteiger partial charge in [-0.25, -0.2) is 0 Å². The van der Waals surface area contributed by atoms with Gasteiger partial charge in [-0.15, -0.1) is 0 Å². The first-order valence-electron chi connectivity index (χ1n) is 4.85. The number of pyridine rings is 1. The van der Waals surface area contributed by atoms with Crippen molar-refractivity contribution in [2.75, 3.05) is 18.9 Å². The van der Waals surface area contributed by atoms with Crippen LogP contribution in [0, 0.1) is 0 Å². The van der Waals surface area contributed by atoms with E-state index in [4.69, 9.17) is 5.73 Å². The molecule has 1 fully saturated rings. The van der Waals surface area contributed by atoms with Crippen molar-refractivity contribution in [2.24, 2.45) is 0 Å². The Bertz CT molecular complexity index is 321. The summed E-state index contributed by atoms with van der Waals surface area (Å²) in [5, 5.41) is 12.7. The minimum Gasteiger partial charge on any atom is -0.399 e. The Kier molecular flexibility index (Phi) is 2.39. The second-order valence-electron chi connectivity index (χ2n) is 3.74. The van der Waals surface area contributed by atoms with E-state index >= 15 is 0 Å². The van der Waals surface area contributed by atoms with Crippen LogP contribution in [0.2, 0.25) is 0 Å². The van der Waals surface area contributed by atoms with Crippen LogP contribution >= 0.6 is 0 Å². The average molecular weight is 193 g/mol. The second kappa shape index (κ2) is 3.55. The molecule has 2 heterocycles. The van der Waals surface area contributed by atoms with Crippen molar-refractivity contribution in [3.63, 3.8) is 0 Å². The molecule has 1 saturated heterocycles. The van der Waals surface area contributed by atoms with Gasteiger partial charge in [0.05, 0.1) is 17.8 Å². The summed E-state index contributed by atoms with van der Waals surface area (Å²) < 4.78 is 0. The Morgan fingerprint density at radius 2 is 2.50 bits per heavy atom. The summed E-state index contributed by atoms with van der Waals surface area (Å²) >= 11 is 0. The van der Waals surface area contributed by atoms with Gasteiger partial charge in [0.15, 0.2) is 0 Å². The van der Waals surface area contributed by atoms with Crippen LogP contribution in [-0.4, -0.2) is 23.2 Å². The fourth-order valence-corrected chi connectivity index (χ4v) is 1.95. The highest BCUT2D eigenvalue weighted by Crippen LogP contribution is 2.29. The summed E-state index contributed by atoms with van der Waals surface area (Å²) in [7, 11) is 0. The lowest BCUT2D eigenvalue weighted by Gasteiger charge is -2.26. The number of aliphatic hydroxyl groups is 1. The Hall–Kier alpha value is -1.13. The Morgan fingerprint density at radius 3 is 3.07 bits per heavy atom. The van der Waals surface area contributed by atoms with Crippen LogP contribution in [0.15, 0.2) is 18.3 Å². The van der Waals surface area contributed by atoms with E-state index in [0.29, 0.717) is 5.69 Å². The van der Waals surface area contributed by atoms with Gasteiger partial charge in [-0.1, -0.05) is 0 Å². The first-order chi connectivity index (χ1) is 6.77. The number of rotatable bonds is 2. The van der Waals surface area contributed by atoms with Crippen molar-refractivity contribution >= 4 is 5.69 Å². The molecule has 2 rings (SSSR count). The molecule has 76 valence electrons. The summed E-state index contributed by atoms with van der Waals surface area (Å²) in [4.78, 5) is 4.26. The minimum atomic E-state index is -0.366. The number of nitrogens with two attached hydrogens (primary N) is 1. The zero-order valence-corrected chi connectivity index (χ0v) is 8.03. The highest BCUT2D eigenvalue weighted by atomic mass is 16.3. The Morgan fingerprint density at radius 1 is 1.64 bits per heavy atom. The molecule has 4 nitrogen and oxygen atoms in total. The second-order valence-corrected chi connectivity index (χ2v) is 3.74. The highest BCUT2D eigenvalue weighted by molar-refractivity contribution is 5.39. The summed E-state index contributed by atoms with van der Waals surface area (Å²) in [5.74, 6) is 0. The van der Waals surface area contributed by atoms with Crippen molar-refractivity contribution in [1.82, 2.24) is 10.3 Å². The number of aromatic nitrogens is 1.